The molecule has 1 aliphatic carbocycles. The molecule has 1 saturated carbocycles. The van der Waals surface area contributed by atoms with Gasteiger partial charge in [-0.1, -0.05) is 0 Å². The number of nitrogens with one attached hydrogen (secondary N) is 1. The molecule has 0 aromatic carbocycles. The molecule has 5 heteroatoms. The van der Waals surface area contributed by atoms with E-state index in [1.165, 1.54) is 32.4 Å². The summed E-state index contributed by atoms with van der Waals surface area (Å²) in [6.07, 6.45) is 5.44. The first-order valence-electron chi connectivity index (χ1n) is 7.41. The van der Waals surface area contributed by atoms with Gasteiger partial charge in [0.2, 0.25) is 5.76 Å². The molecule has 2 aliphatic rings. The number of likely N-dealkylation sites (tertiary alicyclic amines) is 1. The molecule has 2 aromatic heterocycles. The Morgan fingerprint density at radius 2 is 2.33 bits per heavy atom. The van der Waals surface area contributed by atoms with E-state index in [4.69, 9.17) is 9.68 Å². The van der Waals surface area contributed by atoms with E-state index in [9.17, 15) is 0 Å². The maximum atomic E-state index is 8.87. The highest BCUT2D eigenvalue weighted by Crippen LogP contribution is 2.45. The Kier molecular flexibility index (Phi) is 2.69. The molecule has 1 atom stereocenters. The predicted molar refractivity (Wildman–Crippen MR) is 79.9 cm³/mol. The molecule has 1 N–H and O–H groups in total. The van der Waals surface area contributed by atoms with Gasteiger partial charge in [0.25, 0.3) is 0 Å². The van der Waals surface area contributed by atoms with E-state index in [0.717, 1.165) is 11.2 Å². The van der Waals surface area contributed by atoms with E-state index in [0.29, 0.717) is 22.8 Å². The van der Waals surface area contributed by atoms with Crippen molar-refractivity contribution in [3.05, 3.63) is 24.1 Å². The number of hydrogen-bond acceptors (Lipinski definition) is 5. The van der Waals surface area contributed by atoms with Crippen molar-refractivity contribution in [1.82, 2.24) is 9.88 Å². The summed E-state index contributed by atoms with van der Waals surface area (Å²) in [7, 11) is 2.19. The van der Waals surface area contributed by atoms with Crippen molar-refractivity contribution in [2.24, 2.45) is 5.41 Å². The quantitative estimate of drug-likeness (QED) is 0.917. The van der Waals surface area contributed by atoms with Gasteiger partial charge in [-0.3, -0.25) is 0 Å². The van der Waals surface area contributed by atoms with Gasteiger partial charge >= 0.3 is 0 Å². The average Bonchev–Trinajstić information content (AvgIpc) is 3.02. The Hall–Kier alpha value is -2.06. The van der Waals surface area contributed by atoms with Crippen LogP contribution in [0, 0.1) is 16.7 Å². The lowest BCUT2D eigenvalue weighted by Gasteiger charge is -2.46. The number of furan rings is 1. The van der Waals surface area contributed by atoms with Crippen LogP contribution in [0.15, 0.2) is 22.7 Å². The van der Waals surface area contributed by atoms with Crippen LogP contribution in [0.1, 0.15) is 25.0 Å². The minimum atomic E-state index is 0.335. The van der Waals surface area contributed by atoms with Crippen molar-refractivity contribution < 1.29 is 4.42 Å². The maximum Gasteiger partial charge on any atom is 0.204 e. The molecule has 1 saturated heterocycles. The maximum absolute atomic E-state index is 8.87. The Balaban J connectivity index is 1.49. The number of nitrogens with zero attached hydrogens (tertiary/aromatic N) is 3. The molecular formula is C16H18N4O. The Labute approximate surface area is 123 Å². The zero-order chi connectivity index (χ0) is 14.4. The van der Waals surface area contributed by atoms with E-state index in [1.807, 2.05) is 12.1 Å². The Morgan fingerprint density at radius 3 is 3.10 bits per heavy atom. The van der Waals surface area contributed by atoms with E-state index >= 15 is 0 Å². The van der Waals surface area contributed by atoms with Crippen LogP contribution in [-0.2, 0) is 0 Å². The van der Waals surface area contributed by atoms with Gasteiger partial charge in [0.05, 0.1) is 6.20 Å². The zero-order valence-electron chi connectivity index (χ0n) is 12.1. The van der Waals surface area contributed by atoms with E-state index in [1.54, 1.807) is 12.3 Å². The molecule has 0 amide bonds. The lowest BCUT2D eigenvalue weighted by atomic mass is 9.78. The van der Waals surface area contributed by atoms with Gasteiger partial charge in [-0.2, -0.15) is 5.26 Å². The van der Waals surface area contributed by atoms with Crippen molar-refractivity contribution in [2.45, 2.75) is 25.3 Å². The molecule has 5 nitrogen and oxygen atoms in total. The van der Waals surface area contributed by atoms with Crippen LogP contribution in [0.5, 0.6) is 0 Å². The SMILES string of the molecule is CN1CC2(CCC(Nc3cc4cc(C#N)oc4cn3)C2)C1. The normalized spacial score (nSPS) is 24.1. The Bertz CT molecular complexity index is 723. The minimum absolute atomic E-state index is 0.335. The topological polar surface area (TPSA) is 65.1 Å². The molecule has 108 valence electrons. The van der Waals surface area contributed by atoms with Gasteiger partial charge in [-0.25, -0.2) is 4.98 Å². The van der Waals surface area contributed by atoms with Gasteiger partial charge in [0, 0.05) is 30.6 Å². The van der Waals surface area contributed by atoms with Gasteiger partial charge in [0.1, 0.15) is 11.9 Å². The second kappa shape index (κ2) is 4.47. The second-order valence-electron chi connectivity index (χ2n) is 6.59. The van der Waals surface area contributed by atoms with Crippen molar-refractivity contribution in [1.29, 1.82) is 5.26 Å². The van der Waals surface area contributed by atoms with E-state index < -0.39 is 0 Å². The number of pyridine rings is 1. The largest absolute Gasteiger partial charge is 0.444 e. The van der Waals surface area contributed by atoms with Crippen LogP contribution in [0.3, 0.4) is 0 Å². The predicted octanol–water partition coefficient (Wildman–Crippen LogP) is 2.60. The third-order valence-corrected chi connectivity index (χ3v) is 4.78. The van der Waals surface area contributed by atoms with Crippen molar-refractivity contribution in [2.75, 3.05) is 25.5 Å². The van der Waals surface area contributed by atoms with Gasteiger partial charge in [-0.15, -0.1) is 0 Å². The van der Waals surface area contributed by atoms with E-state index in [-0.39, 0.29) is 0 Å². The molecule has 0 bridgehead atoms. The standard InChI is InChI=1S/C16H18N4O/c1-20-9-16(10-20)3-2-12(6-16)19-15-5-11-4-13(7-17)21-14(11)8-18-15/h4-5,8,12H,2-3,6,9-10H2,1H3,(H,18,19). The molecule has 1 unspecified atom stereocenters. The summed E-state index contributed by atoms with van der Waals surface area (Å²) < 4.78 is 5.36. The molecule has 4 rings (SSSR count). The first kappa shape index (κ1) is 12.7. The molecule has 2 fully saturated rings. The number of rotatable bonds is 2. The number of nitriles is 1. The highest BCUT2D eigenvalue weighted by molar-refractivity contribution is 5.80. The van der Waals surface area contributed by atoms with Crippen LogP contribution in [0.2, 0.25) is 0 Å². The molecule has 0 radical (unpaired) electrons. The van der Waals surface area contributed by atoms with Crippen LogP contribution in [-0.4, -0.2) is 36.1 Å². The smallest absolute Gasteiger partial charge is 0.204 e. The summed E-state index contributed by atoms with van der Waals surface area (Å²) in [5, 5.41) is 13.3. The fourth-order valence-corrected chi connectivity index (χ4v) is 4.01. The van der Waals surface area contributed by atoms with Crippen molar-refractivity contribution in [3.63, 3.8) is 0 Å². The summed E-state index contributed by atoms with van der Waals surface area (Å²) in [5.41, 5.74) is 1.21. The molecule has 1 aliphatic heterocycles. The van der Waals surface area contributed by atoms with Gasteiger partial charge in [0.15, 0.2) is 5.58 Å². The van der Waals surface area contributed by atoms with Crippen molar-refractivity contribution in [3.8, 4) is 6.07 Å². The second-order valence-corrected chi connectivity index (χ2v) is 6.59. The van der Waals surface area contributed by atoms with Crippen LogP contribution in [0.4, 0.5) is 5.82 Å². The van der Waals surface area contributed by atoms with Crippen LogP contribution >= 0.6 is 0 Å². The van der Waals surface area contributed by atoms with Gasteiger partial charge in [-0.05, 0) is 37.8 Å². The number of fused-ring (bicyclic) bond motifs is 1. The monoisotopic (exact) mass is 282 g/mol. The van der Waals surface area contributed by atoms with Crippen LogP contribution < -0.4 is 5.32 Å². The zero-order valence-corrected chi connectivity index (χ0v) is 12.1. The highest BCUT2D eigenvalue weighted by Gasteiger charge is 2.46. The number of hydrogen-bond donors (Lipinski definition) is 1. The lowest BCUT2D eigenvalue weighted by Crippen LogP contribution is -2.53. The highest BCUT2D eigenvalue weighted by atomic mass is 16.3. The summed E-state index contributed by atoms with van der Waals surface area (Å²) in [6, 6.07) is 6.26. The summed E-state index contributed by atoms with van der Waals surface area (Å²) in [4.78, 5) is 6.79. The summed E-state index contributed by atoms with van der Waals surface area (Å²) >= 11 is 0. The minimum Gasteiger partial charge on any atom is -0.444 e. The summed E-state index contributed by atoms with van der Waals surface area (Å²) in [6.45, 7) is 2.45. The third-order valence-electron chi connectivity index (χ3n) is 4.78. The Morgan fingerprint density at radius 1 is 1.48 bits per heavy atom. The molecule has 3 heterocycles. The third kappa shape index (κ3) is 2.16. The molecule has 21 heavy (non-hydrogen) atoms. The number of aromatic nitrogens is 1. The lowest BCUT2D eigenvalue weighted by molar-refractivity contribution is 0.0282. The van der Waals surface area contributed by atoms with E-state index in [2.05, 4.69) is 22.2 Å². The molecule has 2 aromatic rings. The molecule has 1 spiro atoms. The molecular weight excluding hydrogens is 264 g/mol. The first-order chi connectivity index (χ1) is 10.2. The van der Waals surface area contributed by atoms with Crippen LogP contribution in [0.25, 0.3) is 11.0 Å². The fraction of sp³-hybridized carbons (Fsp3) is 0.500. The number of anilines is 1. The average molecular weight is 282 g/mol. The first-order valence-corrected chi connectivity index (χ1v) is 7.41. The van der Waals surface area contributed by atoms with Crippen molar-refractivity contribution >= 4 is 16.8 Å². The fourth-order valence-electron chi connectivity index (χ4n) is 4.01. The van der Waals surface area contributed by atoms with Gasteiger partial charge < -0.3 is 14.6 Å². The summed E-state index contributed by atoms with van der Waals surface area (Å²) in [5.74, 6) is 1.21.